The van der Waals surface area contributed by atoms with Gasteiger partial charge in [-0.25, -0.2) is 4.98 Å². The second-order valence-electron chi connectivity index (χ2n) is 7.57. The number of nitrogens with two attached hydrogens (primary N) is 1. The van der Waals surface area contributed by atoms with Gasteiger partial charge in [-0.1, -0.05) is 24.6 Å². The van der Waals surface area contributed by atoms with E-state index in [1.165, 1.54) is 0 Å². The Morgan fingerprint density at radius 2 is 2.16 bits per heavy atom. The van der Waals surface area contributed by atoms with Gasteiger partial charge in [0.1, 0.15) is 11.3 Å². The minimum absolute atomic E-state index is 0.00585. The van der Waals surface area contributed by atoms with E-state index in [9.17, 15) is 5.11 Å². The Hall–Kier alpha value is -3.73. The molecule has 3 aromatic heterocycles. The van der Waals surface area contributed by atoms with E-state index in [4.69, 9.17) is 10.5 Å². The molecule has 0 aliphatic rings. The lowest BCUT2D eigenvalue weighted by Crippen LogP contribution is -2.24. The molecule has 0 saturated carbocycles. The molecule has 3 heterocycles. The van der Waals surface area contributed by atoms with Crippen LogP contribution in [0.1, 0.15) is 36.7 Å². The van der Waals surface area contributed by atoms with E-state index in [0.29, 0.717) is 24.6 Å². The average Bonchev–Trinajstić information content (AvgIpc) is 3.43. The zero-order chi connectivity index (χ0) is 22.5. The summed E-state index contributed by atoms with van der Waals surface area (Å²) in [4.78, 5) is 8.79. The van der Waals surface area contributed by atoms with Crippen molar-refractivity contribution in [3.63, 3.8) is 0 Å². The molecule has 0 spiro atoms. The fourth-order valence-corrected chi connectivity index (χ4v) is 3.80. The highest BCUT2D eigenvalue weighted by molar-refractivity contribution is 5.87. The molecule has 0 amide bonds. The van der Waals surface area contributed by atoms with Gasteiger partial charge in [-0.15, -0.1) is 10.2 Å². The number of tetrazole rings is 1. The van der Waals surface area contributed by atoms with Crippen LogP contribution in [0, 0.1) is 0 Å². The Labute approximate surface area is 185 Å². The summed E-state index contributed by atoms with van der Waals surface area (Å²) in [5.41, 5.74) is 9.51. The molecule has 0 fully saturated rings. The molecule has 0 aliphatic heterocycles. The first-order valence-electron chi connectivity index (χ1n) is 10.5. The highest BCUT2D eigenvalue weighted by Crippen LogP contribution is 2.28. The molecule has 168 valence electrons. The van der Waals surface area contributed by atoms with Crippen molar-refractivity contribution >= 4 is 22.8 Å². The van der Waals surface area contributed by atoms with Crippen LogP contribution in [0.5, 0.6) is 5.75 Å². The Morgan fingerprint density at radius 3 is 2.88 bits per heavy atom. The van der Waals surface area contributed by atoms with Gasteiger partial charge in [0.05, 0.1) is 31.8 Å². The number of benzene rings is 1. The molecule has 1 aromatic carbocycles. The summed E-state index contributed by atoms with van der Waals surface area (Å²) < 4.78 is 7.65. The number of nitrogen functional groups attached to an aromatic ring is 1. The van der Waals surface area contributed by atoms with E-state index >= 15 is 0 Å². The number of aliphatic hydroxyl groups excluding tert-OH is 1. The van der Waals surface area contributed by atoms with Crippen LogP contribution in [0.15, 0.2) is 30.5 Å². The summed E-state index contributed by atoms with van der Waals surface area (Å²) in [5, 5.41) is 27.2. The number of rotatable bonds is 10. The van der Waals surface area contributed by atoms with Crippen molar-refractivity contribution in [2.24, 2.45) is 0 Å². The van der Waals surface area contributed by atoms with E-state index in [1.807, 2.05) is 29.0 Å². The topological polar surface area (TPSA) is 153 Å². The number of methoxy groups -OCH3 is 1. The summed E-state index contributed by atoms with van der Waals surface area (Å²) in [6, 6.07) is 7.78. The summed E-state index contributed by atoms with van der Waals surface area (Å²) in [5.74, 6) is 2.18. The Morgan fingerprint density at radius 1 is 1.28 bits per heavy atom. The first-order valence-corrected chi connectivity index (χ1v) is 10.5. The third-order valence-electron chi connectivity index (χ3n) is 5.26. The Bertz CT molecular complexity index is 1170. The molecule has 0 saturated heterocycles. The average molecular weight is 438 g/mol. The van der Waals surface area contributed by atoms with Crippen molar-refractivity contribution in [3.05, 3.63) is 47.4 Å². The number of aromatic amines is 1. The van der Waals surface area contributed by atoms with Crippen molar-refractivity contribution in [3.8, 4) is 5.75 Å². The van der Waals surface area contributed by atoms with Gasteiger partial charge in [0.2, 0.25) is 5.95 Å². The molecule has 32 heavy (non-hydrogen) atoms. The highest BCUT2D eigenvalue weighted by atomic mass is 16.5. The molecule has 5 N–H and O–H groups in total. The maximum Gasteiger partial charge on any atom is 0.222 e. The van der Waals surface area contributed by atoms with Crippen LogP contribution in [0.4, 0.5) is 11.8 Å². The van der Waals surface area contributed by atoms with Gasteiger partial charge in [-0.2, -0.15) is 10.2 Å². The standard InChI is InChI=1S/C21H27N9O2/c1-3-4-15(12-31)23-20-19-16(24-21(22)25-20)7-8-30(19)11-14-9-13(5-6-17(14)32-2)10-18-26-28-29-27-18/h5-9,15,31H,3-4,10-12H2,1-2H3,(H3,22,23,24,25)(H,26,27,28,29). The zero-order valence-electron chi connectivity index (χ0n) is 18.1. The minimum Gasteiger partial charge on any atom is -0.496 e. The number of H-pyrrole nitrogens is 1. The van der Waals surface area contributed by atoms with Crippen molar-refractivity contribution in [2.75, 3.05) is 24.8 Å². The van der Waals surface area contributed by atoms with Crippen LogP contribution in [-0.2, 0) is 13.0 Å². The molecule has 11 nitrogen and oxygen atoms in total. The molecule has 0 radical (unpaired) electrons. The summed E-state index contributed by atoms with van der Waals surface area (Å²) in [6.07, 6.45) is 4.26. The quantitative estimate of drug-likeness (QED) is 0.290. The number of hydrogen-bond donors (Lipinski definition) is 4. The lowest BCUT2D eigenvalue weighted by molar-refractivity contribution is 0.268. The molecule has 1 unspecified atom stereocenters. The second kappa shape index (κ2) is 9.60. The largest absolute Gasteiger partial charge is 0.496 e. The number of anilines is 2. The first-order chi connectivity index (χ1) is 15.6. The summed E-state index contributed by atoms with van der Waals surface area (Å²) in [6.45, 7) is 2.61. The maximum absolute atomic E-state index is 9.74. The van der Waals surface area contributed by atoms with Crippen LogP contribution in [-0.4, -0.2) is 60.0 Å². The Kier molecular flexibility index (Phi) is 6.45. The van der Waals surface area contributed by atoms with Gasteiger partial charge in [-0.3, -0.25) is 0 Å². The van der Waals surface area contributed by atoms with Crippen LogP contribution in [0.3, 0.4) is 0 Å². The van der Waals surface area contributed by atoms with E-state index in [1.54, 1.807) is 7.11 Å². The van der Waals surface area contributed by atoms with Crippen molar-refractivity contribution in [2.45, 2.75) is 38.8 Å². The Balaban J connectivity index is 1.69. The predicted octanol–water partition coefficient (Wildman–Crippen LogP) is 1.75. The molecule has 4 rings (SSSR count). The van der Waals surface area contributed by atoms with Crippen LogP contribution in [0.2, 0.25) is 0 Å². The minimum atomic E-state index is -0.117. The molecular weight excluding hydrogens is 410 g/mol. The summed E-state index contributed by atoms with van der Waals surface area (Å²) >= 11 is 0. The number of nitrogens with one attached hydrogen (secondary N) is 2. The number of aliphatic hydroxyl groups is 1. The smallest absolute Gasteiger partial charge is 0.222 e. The van der Waals surface area contributed by atoms with E-state index < -0.39 is 0 Å². The number of hydrogen-bond acceptors (Lipinski definition) is 9. The van der Waals surface area contributed by atoms with Gasteiger partial charge in [0, 0.05) is 18.2 Å². The second-order valence-corrected chi connectivity index (χ2v) is 7.57. The zero-order valence-corrected chi connectivity index (χ0v) is 18.1. The van der Waals surface area contributed by atoms with Gasteiger partial charge in [0.25, 0.3) is 0 Å². The normalized spacial score (nSPS) is 12.2. The fourth-order valence-electron chi connectivity index (χ4n) is 3.80. The lowest BCUT2D eigenvalue weighted by Gasteiger charge is -2.18. The van der Waals surface area contributed by atoms with Crippen LogP contribution in [0.25, 0.3) is 11.0 Å². The number of ether oxygens (including phenoxy) is 1. The fraction of sp³-hybridized carbons (Fsp3) is 0.381. The van der Waals surface area contributed by atoms with E-state index in [0.717, 1.165) is 40.8 Å². The predicted molar refractivity (Wildman–Crippen MR) is 120 cm³/mol. The van der Waals surface area contributed by atoms with Gasteiger partial charge >= 0.3 is 0 Å². The number of fused-ring (bicyclic) bond motifs is 1. The van der Waals surface area contributed by atoms with Gasteiger partial charge in [0.15, 0.2) is 11.6 Å². The number of nitrogens with zero attached hydrogens (tertiary/aromatic N) is 6. The van der Waals surface area contributed by atoms with Crippen molar-refractivity contribution in [1.82, 2.24) is 35.2 Å². The molecule has 0 bridgehead atoms. The monoisotopic (exact) mass is 437 g/mol. The van der Waals surface area contributed by atoms with E-state index in [-0.39, 0.29) is 18.6 Å². The van der Waals surface area contributed by atoms with Crippen molar-refractivity contribution in [1.29, 1.82) is 0 Å². The lowest BCUT2D eigenvalue weighted by atomic mass is 10.1. The molecular formula is C21H27N9O2. The summed E-state index contributed by atoms with van der Waals surface area (Å²) in [7, 11) is 1.65. The molecule has 1 atom stereocenters. The third-order valence-corrected chi connectivity index (χ3v) is 5.26. The number of aromatic nitrogens is 7. The SMILES string of the molecule is CCCC(CO)Nc1nc(N)nc2ccn(Cc3cc(Cc4nn[nH]n4)ccc3OC)c12. The van der Waals surface area contributed by atoms with Gasteiger partial charge < -0.3 is 25.5 Å². The van der Waals surface area contributed by atoms with Crippen LogP contribution < -0.4 is 15.8 Å². The first kappa shape index (κ1) is 21.5. The third kappa shape index (κ3) is 4.62. The van der Waals surface area contributed by atoms with Crippen LogP contribution >= 0.6 is 0 Å². The highest BCUT2D eigenvalue weighted by Gasteiger charge is 2.16. The van der Waals surface area contributed by atoms with Gasteiger partial charge in [-0.05, 0) is 30.2 Å². The molecule has 11 heteroatoms. The van der Waals surface area contributed by atoms with Crippen molar-refractivity contribution < 1.29 is 9.84 Å². The van der Waals surface area contributed by atoms with E-state index in [2.05, 4.69) is 48.9 Å². The molecule has 4 aromatic rings. The molecule has 0 aliphatic carbocycles. The maximum atomic E-state index is 9.74.